The van der Waals surface area contributed by atoms with E-state index in [0.717, 1.165) is 24.8 Å². The number of carbonyl (C=O) groups excluding carboxylic acids is 1. The van der Waals surface area contributed by atoms with Crippen LogP contribution in [0.5, 0.6) is 0 Å². The quantitative estimate of drug-likeness (QED) is 0.487. The van der Waals surface area contributed by atoms with E-state index >= 15 is 0 Å². The highest BCUT2D eigenvalue weighted by Crippen LogP contribution is 2.28. The van der Waals surface area contributed by atoms with E-state index in [0.29, 0.717) is 12.2 Å². The first kappa shape index (κ1) is 13.1. The lowest BCUT2D eigenvalue weighted by Crippen LogP contribution is -2.17. The number of ether oxygens (including phenoxy) is 2. The van der Waals surface area contributed by atoms with E-state index in [9.17, 15) is 4.79 Å². The van der Waals surface area contributed by atoms with Crippen LogP contribution in [0.2, 0.25) is 0 Å². The molecule has 2 aliphatic rings. The standard InChI is InChI=1S/C15H20O3/c1-10-5-4-6-11(2)9-17-15-13(8-7-10)12(3)14(16)18-15/h6-7,15H,4-5,8-9H2,1-3H3/b10-7+,11-6+/t15-/m0/s1. The Balaban J connectivity index is 2.24. The van der Waals surface area contributed by atoms with E-state index in [-0.39, 0.29) is 5.97 Å². The molecule has 18 heavy (non-hydrogen) atoms. The first-order chi connectivity index (χ1) is 8.58. The third-order valence-electron chi connectivity index (χ3n) is 3.45. The third-order valence-corrected chi connectivity index (χ3v) is 3.45. The third kappa shape index (κ3) is 2.91. The summed E-state index contributed by atoms with van der Waals surface area (Å²) in [6, 6.07) is 0. The summed E-state index contributed by atoms with van der Waals surface area (Å²) in [6.45, 7) is 6.51. The lowest BCUT2D eigenvalue weighted by Gasteiger charge is -2.14. The molecule has 0 bridgehead atoms. The predicted molar refractivity (Wildman–Crippen MR) is 69.9 cm³/mol. The molecule has 3 nitrogen and oxygen atoms in total. The number of rotatable bonds is 0. The van der Waals surface area contributed by atoms with Crippen LogP contribution in [0.1, 0.15) is 40.0 Å². The van der Waals surface area contributed by atoms with Crippen molar-refractivity contribution < 1.29 is 14.3 Å². The van der Waals surface area contributed by atoms with Crippen molar-refractivity contribution in [3.63, 3.8) is 0 Å². The van der Waals surface area contributed by atoms with Gasteiger partial charge >= 0.3 is 5.97 Å². The van der Waals surface area contributed by atoms with Gasteiger partial charge in [0.15, 0.2) is 0 Å². The van der Waals surface area contributed by atoms with Crippen molar-refractivity contribution in [1.82, 2.24) is 0 Å². The van der Waals surface area contributed by atoms with Crippen LogP contribution in [0.3, 0.4) is 0 Å². The molecule has 2 heterocycles. The molecule has 0 saturated heterocycles. The van der Waals surface area contributed by atoms with E-state index in [1.165, 1.54) is 11.1 Å². The summed E-state index contributed by atoms with van der Waals surface area (Å²) < 4.78 is 10.9. The summed E-state index contributed by atoms with van der Waals surface area (Å²) in [4.78, 5) is 11.6. The van der Waals surface area contributed by atoms with Crippen LogP contribution in [0.25, 0.3) is 0 Å². The normalized spacial score (nSPS) is 31.7. The maximum Gasteiger partial charge on any atom is 0.336 e. The van der Waals surface area contributed by atoms with Gasteiger partial charge in [0, 0.05) is 11.1 Å². The molecule has 0 saturated carbocycles. The number of hydrogen-bond acceptors (Lipinski definition) is 3. The minimum Gasteiger partial charge on any atom is -0.428 e. The molecule has 0 aromatic heterocycles. The molecule has 2 rings (SSSR count). The molecule has 0 N–H and O–H groups in total. The molecule has 0 amide bonds. The fourth-order valence-electron chi connectivity index (χ4n) is 2.15. The van der Waals surface area contributed by atoms with Gasteiger partial charge in [0.2, 0.25) is 6.29 Å². The van der Waals surface area contributed by atoms with Crippen LogP contribution in [-0.2, 0) is 14.3 Å². The maximum atomic E-state index is 11.6. The molecule has 0 aromatic rings. The zero-order chi connectivity index (χ0) is 13.1. The van der Waals surface area contributed by atoms with Crippen LogP contribution >= 0.6 is 0 Å². The monoisotopic (exact) mass is 248 g/mol. The number of fused-ring (bicyclic) bond motifs is 1. The molecule has 0 aliphatic carbocycles. The van der Waals surface area contributed by atoms with Crippen LogP contribution < -0.4 is 0 Å². The van der Waals surface area contributed by atoms with Crippen molar-refractivity contribution in [2.75, 3.05) is 6.61 Å². The van der Waals surface area contributed by atoms with E-state index in [4.69, 9.17) is 9.47 Å². The largest absolute Gasteiger partial charge is 0.428 e. The Labute approximate surface area is 108 Å². The second-order valence-electron chi connectivity index (χ2n) is 5.04. The number of esters is 1. The SMILES string of the molecule is CC1=C2C/C=C(\C)CC/C=C(\C)CO[C@H]2OC1=O. The van der Waals surface area contributed by atoms with Crippen molar-refractivity contribution >= 4 is 5.97 Å². The van der Waals surface area contributed by atoms with E-state index in [1.807, 2.05) is 13.8 Å². The molecule has 1 atom stereocenters. The second kappa shape index (κ2) is 5.53. The Kier molecular flexibility index (Phi) is 4.02. The molecule has 98 valence electrons. The molecule has 0 spiro atoms. The highest BCUT2D eigenvalue weighted by atomic mass is 16.7. The summed E-state index contributed by atoms with van der Waals surface area (Å²) >= 11 is 0. The Morgan fingerprint density at radius 1 is 1.17 bits per heavy atom. The van der Waals surface area contributed by atoms with Gasteiger partial charge in [-0.25, -0.2) is 4.79 Å². The van der Waals surface area contributed by atoms with Crippen LogP contribution in [0, 0.1) is 0 Å². The number of allylic oxidation sites excluding steroid dienone is 3. The van der Waals surface area contributed by atoms with Gasteiger partial charge in [-0.2, -0.15) is 0 Å². The summed E-state index contributed by atoms with van der Waals surface area (Å²) in [5.74, 6) is -0.250. The van der Waals surface area contributed by atoms with Gasteiger partial charge in [-0.05, 0) is 40.0 Å². The summed E-state index contributed by atoms with van der Waals surface area (Å²) in [7, 11) is 0. The summed E-state index contributed by atoms with van der Waals surface area (Å²) in [6.07, 6.45) is 6.71. The Hall–Kier alpha value is -1.35. The van der Waals surface area contributed by atoms with Crippen LogP contribution in [0.4, 0.5) is 0 Å². The Bertz CT molecular complexity index is 441. The highest BCUT2D eigenvalue weighted by molar-refractivity contribution is 5.91. The topological polar surface area (TPSA) is 35.5 Å². The molecular formula is C15H20O3. The Morgan fingerprint density at radius 3 is 2.72 bits per heavy atom. The second-order valence-corrected chi connectivity index (χ2v) is 5.04. The molecule has 3 heteroatoms. The fourth-order valence-corrected chi connectivity index (χ4v) is 2.15. The van der Waals surface area contributed by atoms with Gasteiger partial charge in [-0.1, -0.05) is 23.3 Å². The van der Waals surface area contributed by atoms with Gasteiger partial charge in [0.05, 0.1) is 6.61 Å². The number of carbonyl (C=O) groups is 1. The van der Waals surface area contributed by atoms with Gasteiger partial charge in [-0.3, -0.25) is 0 Å². The van der Waals surface area contributed by atoms with Crippen molar-refractivity contribution in [3.05, 3.63) is 34.4 Å². The Morgan fingerprint density at radius 2 is 1.94 bits per heavy atom. The molecule has 0 unspecified atom stereocenters. The average Bonchev–Trinajstić information content (AvgIpc) is 2.58. The number of hydrogen-bond donors (Lipinski definition) is 0. The zero-order valence-electron chi connectivity index (χ0n) is 11.3. The summed E-state index contributed by atoms with van der Waals surface area (Å²) in [5, 5.41) is 0. The highest BCUT2D eigenvalue weighted by Gasteiger charge is 2.31. The van der Waals surface area contributed by atoms with Gasteiger partial charge in [0.25, 0.3) is 0 Å². The minimum atomic E-state index is -0.497. The fraction of sp³-hybridized carbons (Fsp3) is 0.533. The van der Waals surface area contributed by atoms with Crippen molar-refractivity contribution in [3.8, 4) is 0 Å². The molecule has 2 aliphatic heterocycles. The molecule has 0 fully saturated rings. The first-order valence-electron chi connectivity index (χ1n) is 6.41. The molecule has 0 aromatic carbocycles. The lowest BCUT2D eigenvalue weighted by molar-refractivity contribution is -0.158. The molecule has 0 radical (unpaired) electrons. The molecular weight excluding hydrogens is 228 g/mol. The van der Waals surface area contributed by atoms with E-state index in [2.05, 4.69) is 19.1 Å². The first-order valence-corrected chi connectivity index (χ1v) is 6.41. The van der Waals surface area contributed by atoms with E-state index in [1.54, 1.807) is 0 Å². The smallest absolute Gasteiger partial charge is 0.336 e. The lowest BCUT2D eigenvalue weighted by atomic mass is 10.0. The zero-order valence-corrected chi connectivity index (χ0v) is 11.3. The van der Waals surface area contributed by atoms with Crippen LogP contribution in [-0.4, -0.2) is 18.9 Å². The maximum absolute atomic E-state index is 11.6. The summed E-state index contributed by atoms with van der Waals surface area (Å²) in [5.41, 5.74) is 4.20. The van der Waals surface area contributed by atoms with Crippen molar-refractivity contribution in [2.45, 2.75) is 46.3 Å². The van der Waals surface area contributed by atoms with E-state index < -0.39 is 6.29 Å². The van der Waals surface area contributed by atoms with Gasteiger partial charge in [0.1, 0.15) is 0 Å². The minimum absolute atomic E-state index is 0.250. The van der Waals surface area contributed by atoms with Gasteiger partial charge < -0.3 is 9.47 Å². The average molecular weight is 248 g/mol. The van der Waals surface area contributed by atoms with Crippen molar-refractivity contribution in [2.24, 2.45) is 0 Å². The predicted octanol–water partition coefficient (Wildman–Crippen LogP) is 3.28. The van der Waals surface area contributed by atoms with Crippen molar-refractivity contribution in [1.29, 1.82) is 0 Å². The van der Waals surface area contributed by atoms with Crippen LogP contribution in [0.15, 0.2) is 34.4 Å². The van der Waals surface area contributed by atoms with Gasteiger partial charge in [-0.15, -0.1) is 0 Å².